The second-order valence-electron chi connectivity index (χ2n) is 3.87. The highest BCUT2D eigenvalue weighted by Gasteiger charge is 2.19. The van der Waals surface area contributed by atoms with Crippen molar-refractivity contribution in [2.45, 2.75) is 11.1 Å². The Morgan fingerprint density at radius 3 is 2.47 bits per heavy atom. The summed E-state index contributed by atoms with van der Waals surface area (Å²) < 4.78 is 27.3. The van der Waals surface area contributed by atoms with Crippen molar-refractivity contribution in [1.82, 2.24) is 0 Å². The molecule has 0 saturated carbocycles. The molecule has 8 heteroatoms. The first-order chi connectivity index (χ1) is 8.79. The van der Waals surface area contributed by atoms with Crippen molar-refractivity contribution in [1.29, 1.82) is 0 Å². The molecule has 1 aromatic heterocycles. The minimum Gasteiger partial charge on any atom is -0.399 e. The Balaban J connectivity index is 2.36. The Morgan fingerprint density at radius 2 is 1.95 bits per heavy atom. The van der Waals surface area contributed by atoms with Crippen LogP contribution >= 0.6 is 34.5 Å². The predicted molar refractivity (Wildman–Crippen MR) is 80.7 cm³/mol. The number of halogens is 2. The van der Waals surface area contributed by atoms with E-state index in [1.807, 2.05) is 0 Å². The number of anilines is 2. The van der Waals surface area contributed by atoms with Crippen molar-refractivity contribution in [3.8, 4) is 0 Å². The first-order valence-corrected chi connectivity index (χ1v) is 8.19. The zero-order valence-corrected chi connectivity index (χ0v) is 12.9. The van der Waals surface area contributed by atoms with Gasteiger partial charge in [-0.3, -0.25) is 4.72 Å². The van der Waals surface area contributed by atoms with E-state index in [0.29, 0.717) is 10.0 Å². The van der Waals surface area contributed by atoms with E-state index in [9.17, 15) is 8.42 Å². The zero-order chi connectivity index (χ0) is 14.2. The fourth-order valence-corrected chi connectivity index (χ4v) is 4.45. The maximum absolute atomic E-state index is 12.2. The van der Waals surface area contributed by atoms with Gasteiger partial charge in [0.1, 0.15) is 4.21 Å². The molecule has 0 aliphatic carbocycles. The van der Waals surface area contributed by atoms with Crippen LogP contribution < -0.4 is 10.5 Å². The van der Waals surface area contributed by atoms with Crippen LogP contribution in [0.5, 0.6) is 0 Å². The van der Waals surface area contributed by atoms with Gasteiger partial charge in [0, 0.05) is 5.69 Å². The molecule has 102 valence electrons. The number of nitrogen functional groups attached to an aromatic ring is 1. The number of rotatable bonds is 3. The number of hydrogen-bond acceptors (Lipinski definition) is 4. The molecule has 2 aromatic rings. The lowest BCUT2D eigenvalue weighted by Crippen LogP contribution is -2.11. The number of nitrogens with one attached hydrogen (secondary N) is 1. The van der Waals surface area contributed by atoms with Gasteiger partial charge in [-0.05, 0) is 36.8 Å². The van der Waals surface area contributed by atoms with E-state index in [-0.39, 0.29) is 14.9 Å². The van der Waals surface area contributed by atoms with Crippen LogP contribution in [0.25, 0.3) is 0 Å². The summed E-state index contributed by atoms with van der Waals surface area (Å²) in [6.07, 6.45) is 0. The second-order valence-corrected chi connectivity index (χ2v) is 7.84. The van der Waals surface area contributed by atoms with E-state index in [4.69, 9.17) is 28.9 Å². The Labute approximate surface area is 125 Å². The van der Waals surface area contributed by atoms with E-state index < -0.39 is 10.0 Å². The summed E-state index contributed by atoms with van der Waals surface area (Å²) in [5.74, 6) is 0. The van der Waals surface area contributed by atoms with Gasteiger partial charge >= 0.3 is 0 Å². The average molecular weight is 337 g/mol. The molecule has 0 amide bonds. The average Bonchev–Trinajstić information content (AvgIpc) is 2.64. The highest BCUT2D eigenvalue weighted by atomic mass is 35.5. The first kappa shape index (κ1) is 14.5. The second kappa shape index (κ2) is 5.20. The van der Waals surface area contributed by atoms with E-state index >= 15 is 0 Å². The summed E-state index contributed by atoms with van der Waals surface area (Å²) in [5.41, 5.74) is 7.00. The highest BCUT2D eigenvalue weighted by molar-refractivity contribution is 7.94. The summed E-state index contributed by atoms with van der Waals surface area (Å²) in [7, 11) is -3.69. The van der Waals surface area contributed by atoms with Gasteiger partial charge < -0.3 is 5.73 Å². The maximum atomic E-state index is 12.2. The van der Waals surface area contributed by atoms with E-state index in [1.165, 1.54) is 18.2 Å². The van der Waals surface area contributed by atoms with Gasteiger partial charge in [0.05, 0.1) is 15.0 Å². The molecule has 1 heterocycles. The van der Waals surface area contributed by atoms with Crippen LogP contribution in [-0.4, -0.2) is 8.42 Å². The minimum atomic E-state index is -3.69. The van der Waals surface area contributed by atoms with Crippen molar-refractivity contribution in [2.75, 3.05) is 10.5 Å². The van der Waals surface area contributed by atoms with Crippen LogP contribution in [0, 0.1) is 6.92 Å². The largest absolute Gasteiger partial charge is 0.399 e. The number of thiophene rings is 1. The van der Waals surface area contributed by atoms with E-state index in [2.05, 4.69) is 4.72 Å². The summed E-state index contributed by atoms with van der Waals surface area (Å²) >= 11 is 12.8. The Morgan fingerprint density at radius 1 is 1.26 bits per heavy atom. The van der Waals surface area contributed by atoms with Crippen molar-refractivity contribution in [3.63, 3.8) is 0 Å². The molecule has 0 radical (unpaired) electrons. The molecule has 2 rings (SSSR count). The molecule has 0 saturated heterocycles. The standard InChI is InChI=1S/C11H10Cl2N2O2S2/c1-6-4-10(18-11(6)13)19(16,17)15-9-3-2-7(14)5-8(9)12/h2-5,15H,14H2,1H3. The topological polar surface area (TPSA) is 72.2 Å². The summed E-state index contributed by atoms with van der Waals surface area (Å²) in [4.78, 5) is 0. The van der Waals surface area contributed by atoms with Crippen LogP contribution in [0.2, 0.25) is 9.36 Å². The van der Waals surface area contributed by atoms with Crippen LogP contribution in [0.3, 0.4) is 0 Å². The molecule has 1 aromatic carbocycles. The molecule has 19 heavy (non-hydrogen) atoms. The number of sulfonamides is 1. The van der Waals surface area contributed by atoms with Gasteiger partial charge in [0.2, 0.25) is 0 Å². The molecular weight excluding hydrogens is 327 g/mol. The maximum Gasteiger partial charge on any atom is 0.271 e. The van der Waals surface area contributed by atoms with Gasteiger partial charge in [0.15, 0.2) is 0 Å². The monoisotopic (exact) mass is 336 g/mol. The molecule has 0 bridgehead atoms. The lowest BCUT2D eigenvalue weighted by molar-refractivity contribution is 0.603. The van der Waals surface area contributed by atoms with Crippen molar-refractivity contribution < 1.29 is 8.42 Å². The highest BCUT2D eigenvalue weighted by Crippen LogP contribution is 2.32. The normalized spacial score (nSPS) is 11.5. The number of aryl methyl sites for hydroxylation is 1. The molecule has 0 spiro atoms. The van der Waals surface area contributed by atoms with E-state index in [1.54, 1.807) is 13.0 Å². The first-order valence-electron chi connectivity index (χ1n) is 5.13. The van der Waals surface area contributed by atoms with Crippen LogP contribution in [0.15, 0.2) is 28.5 Å². The quantitative estimate of drug-likeness (QED) is 0.838. The third-order valence-electron chi connectivity index (χ3n) is 2.34. The fraction of sp³-hybridized carbons (Fsp3) is 0.0909. The summed E-state index contributed by atoms with van der Waals surface area (Å²) in [6, 6.07) is 6.07. The molecule has 0 fully saturated rings. The number of hydrogen-bond donors (Lipinski definition) is 2. The minimum absolute atomic E-state index is 0.142. The molecule has 4 nitrogen and oxygen atoms in total. The van der Waals surface area contributed by atoms with Gasteiger partial charge in [-0.1, -0.05) is 23.2 Å². The Kier molecular flexibility index (Phi) is 3.96. The third kappa shape index (κ3) is 3.14. The fourth-order valence-electron chi connectivity index (χ4n) is 1.37. The molecular formula is C11H10Cl2N2O2S2. The van der Waals surface area contributed by atoms with Crippen molar-refractivity contribution >= 4 is 55.9 Å². The zero-order valence-electron chi connectivity index (χ0n) is 9.78. The summed E-state index contributed by atoms with van der Waals surface area (Å²) in [5, 5.41) is 0.239. The van der Waals surface area contributed by atoms with Crippen LogP contribution in [-0.2, 0) is 10.0 Å². The molecule has 0 aliphatic rings. The van der Waals surface area contributed by atoms with Crippen LogP contribution in [0.4, 0.5) is 11.4 Å². The number of nitrogens with two attached hydrogens (primary N) is 1. The lowest BCUT2D eigenvalue weighted by atomic mass is 10.3. The van der Waals surface area contributed by atoms with Crippen molar-refractivity contribution in [2.24, 2.45) is 0 Å². The Hall–Kier alpha value is -0.950. The Bertz CT molecular complexity index is 707. The smallest absolute Gasteiger partial charge is 0.271 e. The van der Waals surface area contributed by atoms with Crippen LogP contribution in [0.1, 0.15) is 5.56 Å². The van der Waals surface area contributed by atoms with Gasteiger partial charge in [0.25, 0.3) is 10.0 Å². The SMILES string of the molecule is Cc1cc(S(=O)(=O)Nc2ccc(N)cc2Cl)sc1Cl. The number of benzene rings is 1. The molecule has 0 unspecified atom stereocenters. The molecule has 0 aliphatic heterocycles. The lowest BCUT2D eigenvalue weighted by Gasteiger charge is -2.08. The van der Waals surface area contributed by atoms with Gasteiger partial charge in [-0.2, -0.15) is 0 Å². The molecule has 3 N–H and O–H groups in total. The van der Waals surface area contributed by atoms with Gasteiger partial charge in [-0.15, -0.1) is 11.3 Å². The third-order valence-corrected chi connectivity index (χ3v) is 6.04. The van der Waals surface area contributed by atoms with E-state index in [0.717, 1.165) is 16.9 Å². The van der Waals surface area contributed by atoms with Gasteiger partial charge in [-0.25, -0.2) is 8.42 Å². The molecule has 0 atom stereocenters. The van der Waals surface area contributed by atoms with Crippen molar-refractivity contribution in [3.05, 3.63) is 39.2 Å². The predicted octanol–water partition coefficient (Wildman–Crippen LogP) is 3.75. The summed E-state index contributed by atoms with van der Waals surface area (Å²) in [6.45, 7) is 1.74.